The van der Waals surface area contributed by atoms with Crippen molar-refractivity contribution >= 4 is 5.69 Å². The Labute approximate surface area is 128 Å². The van der Waals surface area contributed by atoms with Gasteiger partial charge in [0, 0.05) is 6.07 Å². The van der Waals surface area contributed by atoms with Crippen LogP contribution in [0.15, 0.2) is 18.2 Å². The third-order valence-electron chi connectivity index (χ3n) is 3.73. The van der Waals surface area contributed by atoms with Gasteiger partial charge in [-0.3, -0.25) is 0 Å². The molecule has 0 aliphatic heterocycles. The molecule has 0 radical (unpaired) electrons. The standard InChI is InChI=1S/C18H30FNO/c1-2-3-4-5-6-7-8-9-10-11-14-21-18-15-16(19)12-13-17(18)20/h12-13,15H,2-11,14,20H2,1H3. The second kappa shape index (κ2) is 11.4. The molecule has 0 aliphatic carbocycles. The third kappa shape index (κ3) is 8.59. The Hall–Kier alpha value is -1.25. The number of hydrogen-bond acceptors (Lipinski definition) is 2. The monoisotopic (exact) mass is 295 g/mol. The lowest BCUT2D eigenvalue weighted by Gasteiger charge is -2.08. The number of hydrogen-bond donors (Lipinski definition) is 1. The number of ether oxygens (including phenoxy) is 1. The molecule has 0 bridgehead atoms. The molecule has 2 nitrogen and oxygen atoms in total. The van der Waals surface area contributed by atoms with Crippen LogP contribution < -0.4 is 10.5 Å². The van der Waals surface area contributed by atoms with Crippen LogP contribution in [0, 0.1) is 5.82 Å². The fourth-order valence-corrected chi connectivity index (χ4v) is 2.40. The molecule has 1 aromatic rings. The minimum atomic E-state index is -0.303. The first-order valence-electron chi connectivity index (χ1n) is 8.42. The molecule has 1 rings (SSSR count). The zero-order chi connectivity index (χ0) is 15.3. The molecule has 0 heterocycles. The molecule has 0 atom stereocenters. The van der Waals surface area contributed by atoms with E-state index in [1.165, 1.54) is 69.9 Å². The zero-order valence-electron chi connectivity index (χ0n) is 13.4. The van der Waals surface area contributed by atoms with Crippen molar-refractivity contribution in [3.63, 3.8) is 0 Å². The van der Waals surface area contributed by atoms with Crippen LogP contribution in [0.2, 0.25) is 0 Å². The molecule has 2 N–H and O–H groups in total. The Balaban J connectivity index is 1.94. The van der Waals surface area contributed by atoms with Crippen LogP contribution in [0.4, 0.5) is 10.1 Å². The highest BCUT2D eigenvalue weighted by Gasteiger charge is 2.01. The van der Waals surface area contributed by atoms with Crippen LogP contribution in [0.25, 0.3) is 0 Å². The molecule has 0 fully saturated rings. The van der Waals surface area contributed by atoms with Crippen LogP contribution in [-0.2, 0) is 0 Å². The first kappa shape index (κ1) is 17.8. The number of nitrogens with two attached hydrogens (primary N) is 1. The van der Waals surface area contributed by atoms with Gasteiger partial charge in [0.1, 0.15) is 11.6 Å². The fourth-order valence-electron chi connectivity index (χ4n) is 2.40. The van der Waals surface area contributed by atoms with E-state index in [0.717, 1.165) is 6.42 Å². The lowest BCUT2D eigenvalue weighted by molar-refractivity contribution is 0.304. The van der Waals surface area contributed by atoms with Crippen LogP contribution >= 0.6 is 0 Å². The van der Waals surface area contributed by atoms with Gasteiger partial charge in [0.2, 0.25) is 0 Å². The van der Waals surface area contributed by atoms with E-state index >= 15 is 0 Å². The lowest BCUT2D eigenvalue weighted by Crippen LogP contribution is -2.00. The highest BCUT2D eigenvalue weighted by atomic mass is 19.1. The van der Waals surface area contributed by atoms with E-state index in [1.807, 2.05) is 0 Å². The molecule has 21 heavy (non-hydrogen) atoms. The first-order chi connectivity index (χ1) is 10.2. The van der Waals surface area contributed by atoms with Crippen molar-refractivity contribution in [2.75, 3.05) is 12.3 Å². The van der Waals surface area contributed by atoms with Crippen molar-refractivity contribution in [3.05, 3.63) is 24.0 Å². The Morgan fingerprint density at radius 2 is 1.48 bits per heavy atom. The molecule has 0 aliphatic rings. The van der Waals surface area contributed by atoms with Crippen LogP contribution in [-0.4, -0.2) is 6.61 Å². The maximum atomic E-state index is 13.0. The summed E-state index contributed by atoms with van der Waals surface area (Å²) in [6.45, 7) is 2.86. The Morgan fingerprint density at radius 3 is 2.10 bits per heavy atom. The van der Waals surface area contributed by atoms with Gasteiger partial charge >= 0.3 is 0 Å². The van der Waals surface area contributed by atoms with E-state index in [1.54, 1.807) is 6.07 Å². The Bertz CT molecular complexity index is 381. The van der Waals surface area contributed by atoms with Gasteiger partial charge in [-0.05, 0) is 18.6 Å². The maximum Gasteiger partial charge on any atom is 0.145 e. The first-order valence-corrected chi connectivity index (χ1v) is 8.42. The van der Waals surface area contributed by atoms with Crippen molar-refractivity contribution in [3.8, 4) is 5.75 Å². The van der Waals surface area contributed by atoms with Crippen molar-refractivity contribution in [1.29, 1.82) is 0 Å². The number of benzene rings is 1. The molecule has 0 aromatic heterocycles. The highest BCUT2D eigenvalue weighted by Crippen LogP contribution is 2.22. The van der Waals surface area contributed by atoms with Crippen molar-refractivity contribution in [1.82, 2.24) is 0 Å². The summed E-state index contributed by atoms with van der Waals surface area (Å²) < 4.78 is 18.6. The average Bonchev–Trinajstić information content (AvgIpc) is 2.48. The summed E-state index contributed by atoms with van der Waals surface area (Å²) >= 11 is 0. The maximum absolute atomic E-state index is 13.0. The smallest absolute Gasteiger partial charge is 0.145 e. The van der Waals surface area contributed by atoms with E-state index in [-0.39, 0.29) is 5.82 Å². The summed E-state index contributed by atoms with van der Waals surface area (Å²) in [5.41, 5.74) is 6.23. The SMILES string of the molecule is CCCCCCCCCCCCOc1cc(F)ccc1N. The summed E-state index contributed by atoms with van der Waals surface area (Å²) in [4.78, 5) is 0. The normalized spacial score (nSPS) is 10.8. The molecule has 1 aromatic carbocycles. The molecular formula is C18H30FNO. The number of halogens is 1. The molecule has 0 saturated carbocycles. The summed E-state index contributed by atoms with van der Waals surface area (Å²) in [5, 5.41) is 0. The summed E-state index contributed by atoms with van der Waals surface area (Å²) in [6, 6.07) is 4.25. The summed E-state index contributed by atoms with van der Waals surface area (Å²) in [6.07, 6.45) is 12.9. The van der Waals surface area contributed by atoms with E-state index in [2.05, 4.69) is 6.92 Å². The molecule has 0 amide bonds. The topological polar surface area (TPSA) is 35.2 Å². The molecular weight excluding hydrogens is 265 g/mol. The predicted molar refractivity (Wildman–Crippen MR) is 88.2 cm³/mol. The molecule has 120 valence electrons. The minimum absolute atomic E-state index is 0.303. The molecule has 0 saturated heterocycles. The summed E-state index contributed by atoms with van der Waals surface area (Å²) in [7, 11) is 0. The van der Waals surface area contributed by atoms with Gasteiger partial charge in [0.15, 0.2) is 0 Å². The van der Waals surface area contributed by atoms with Crippen LogP contribution in [0.1, 0.15) is 71.1 Å². The van der Waals surface area contributed by atoms with Crippen LogP contribution in [0.3, 0.4) is 0 Å². The van der Waals surface area contributed by atoms with Crippen molar-refractivity contribution in [2.24, 2.45) is 0 Å². The number of anilines is 1. The molecule has 0 spiro atoms. The van der Waals surface area contributed by atoms with Crippen molar-refractivity contribution in [2.45, 2.75) is 71.1 Å². The van der Waals surface area contributed by atoms with Gasteiger partial charge in [0.05, 0.1) is 12.3 Å². The van der Waals surface area contributed by atoms with Gasteiger partial charge in [-0.25, -0.2) is 4.39 Å². The van der Waals surface area contributed by atoms with Gasteiger partial charge < -0.3 is 10.5 Å². The van der Waals surface area contributed by atoms with Gasteiger partial charge in [-0.15, -0.1) is 0 Å². The number of unbranched alkanes of at least 4 members (excludes halogenated alkanes) is 9. The van der Waals surface area contributed by atoms with E-state index in [0.29, 0.717) is 18.0 Å². The molecule has 0 unspecified atom stereocenters. The highest BCUT2D eigenvalue weighted by molar-refractivity contribution is 5.52. The van der Waals surface area contributed by atoms with Gasteiger partial charge in [-0.2, -0.15) is 0 Å². The third-order valence-corrected chi connectivity index (χ3v) is 3.73. The van der Waals surface area contributed by atoms with Crippen LogP contribution in [0.5, 0.6) is 5.75 Å². The zero-order valence-corrected chi connectivity index (χ0v) is 13.4. The number of nitrogen functional groups attached to an aromatic ring is 1. The lowest BCUT2D eigenvalue weighted by atomic mass is 10.1. The van der Waals surface area contributed by atoms with Gasteiger partial charge in [-0.1, -0.05) is 64.7 Å². The fraction of sp³-hybridized carbons (Fsp3) is 0.667. The quantitative estimate of drug-likeness (QED) is 0.396. The Kier molecular flexibility index (Phi) is 9.68. The van der Waals surface area contributed by atoms with E-state index in [4.69, 9.17) is 10.5 Å². The average molecular weight is 295 g/mol. The Morgan fingerprint density at radius 1 is 0.905 bits per heavy atom. The second-order valence-electron chi connectivity index (χ2n) is 5.71. The minimum Gasteiger partial charge on any atom is -0.491 e. The second-order valence-corrected chi connectivity index (χ2v) is 5.71. The summed E-state index contributed by atoms with van der Waals surface area (Å²) in [5.74, 6) is 0.160. The van der Waals surface area contributed by atoms with Gasteiger partial charge in [0.25, 0.3) is 0 Å². The van der Waals surface area contributed by atoms with E-state index in [9.17, 15) is 4.39 Å². The van der Waals surface area contributed by atoms with Crippen molar-refractivity contribution < 1.29 is 9.13 Å². The number of rotatable bonds is 12. The molecule has 3 heteroatoms. The predicted octanol–water partition coefficient (Wildman–Crippen LogP) is 5.71. The van der Waals surface area contributed by atoms with E-state index < -0.39 is 0 Å². The largest absolute Gasteiger partial charge is 0.491 e.